The molecule has 0 spiro atoms. The lowest BCUT2D eigenvalue weighted by atomic mass is 9.99. The number of para-hydroxylation sites is 2. The molecular weight excluding hydrogens is 697 g/mol. The van der Waals surface area contributed by atoms with Crippen LogP contribution in [0.2, 0.25) is 39.3 Å². The van der Waals surface area contributed by atoms with Gasteiger partial charge in [-0.15, -0.1) is 0 Å². The molecule has 2 nitrogen and oxygen atoms in total. The molecule has 1 aliphatic rings. The van der Waals surface area contributed by atoms with Gasteiger partial charge in [-0.05, 0) is 136 Å². The quantitative estimate of drug-likeness (QED) is 0.128. The number of nitrogens with zero attached hydrogens (tertiary/aromatic N) is 2. The molecular formula is C51H54N2Si2. The maximum absolute atomic E-state index is 2.62. The van der Waals surface area contributed by atoms with Gasteiger partial charge >= 0.3 is 0 Å². The van der Waals surface area contributed by atoms with Crippen molar-refractivity contribution >= 4 is 61.0 Å². The number of hydrogen-bond acceptors (Lipinski definition) is 2. The molecule has 0 fully saturated rings. The first-order valence-corrected chi connectivity index (χ1v) is 27.1. The first kappa shape index (κ1) is 36.8. The van der Waals surface area contributed by atoms with Gasteiger partial charge in [0.1, 0.15) is 0 Å². The first-order valence-electron chi connectivity index (χ1n) is 20.1. The van der Waals surface area contributed by atoms with E-state index in [-0.39, 0.29) is 4.66 Å². The largest absolute Gasteiger partial charge is 0.310 e. The van der Waals surface area contributed by atoms with Gasteiger partial charge in [0, 0.05) is 38.8 Å². The second-order valence-electron chi connectivity index (χ2n) is 17.3. The number of fused-ring (bicyclic) bond motifs is 4. The Bertz CT molecular complexity index is 2440. The molecule has 8 rings (SSSR count). The molecule has 55 heavy (non-hydrogen) atoms. The van der Waals surface area contributed by atoms with Crippen molar-refractivity contribution in [1.29, 1.82) is 0 Å². The Kier molecular flexibility index (Phi) is 9.47. The Balaban J connectivity index is 1.34. The molecule has 0 atom stereocenters. The summed E-state index contributed by atoms with van der Waals surface area (Å²) in [6.07, 6.45) is 2.06. The van der Waals surface area contributed by atoms with E-state index in [0.29, 0.717) is 0 Å². The van der Waals surface area contributed by atoms with Gasteiger partial charge in [0.25, 0.3) is 0 Å². The number of aryl methyl sites for hydroxylation is 2. The zero-order chi connectivity index (χ0) is 38.5. The Morgan fingerprint density at radius 3 is 1.27 bits per heavy atom. The van der Waals surface area contributed by atoms with Gasteiger partial charge < -0.3 is 9.80 Å². The second-order valence-corrected chi connectivity index (χ2v) is 28.3. The molecule has 0 radical (unpaired) electrons. The summed E-state index contributed by atoms with van der Waals surface area (Å²) in [6.45, 7) is 20.2. The van der Waals surface area contributed by atoms with Crippen molar-refractivity contribution in [2.24, 2.45) is 0 Å². The highest BCUT2D eigenvalue weighted by atomic mass is 28.4. The Hall–Kier alpha value is -5.17. The van der Waals surface area contributed by atoms with E-state index < -0.39 is 16.1 Å². The van der Waals surface area contributed by atoms with Gasteiger partial charge in [0.2, 0.25) is 0 Å². The predicted octanol–water partition coefficient (Wildman–Crippen LogP) is 14.9. The van der Waals surface area contributed by atoms with E-state index in [2.05, 4.69) is 221 Å². The molecule has 7 aromatic rings. The topological polar surface area (TPSA) is 6.48 Å². The maximum Gasteiger partial charge on any atom is 0.0579 e. The molecule has 0 bridgehead atoms. The van der Waals surface area contributed by atoms with Crippen LogP contribution in [-0.4, -0.2) is 16.1 Å². The van der Waals surface area contributed by atoms with Crippen molar-refractivity contribution in [2.45, 2.75) is 70.6 Å². The fourth-order valence-corrected chi connectivity index (χ4v) is 22.9. The van der Waals surface area contributed by atoms with Gasteiger partial charge in [-0.2, -0.15) is 0 Å². The number of hydrogen-bond donors (Lipinski definition) is 0. The van der Waals surface area contributed by atoms with Crippen molar-refractivity contribution in [3.63, 3.8) is 0 Å². The lowest BCUT2D eigenvalue weighted by Crippen LogP contribution is -2.63. The normalized spacial score (nSPS) is 13.4. The first-order chi connectivity index (χ1) is 26.4. The van der Waals surface area contributed by atoms with Crippen LogP contribution in [0.1, 0.15) is 36.1 Å². The molecule has 276 valence electrons. The third-order valence-corrected chi connectivity index (χ3v) is 22.1. The number of rotatable bonds is 10. The second kappa shape index (κ2) is 14.2. The van der Waals surface area contributed by atoms with Crippen molar-refractivity contribution in [3.8, 4) is 11.1 Å². The van der Waals surface area contributed by atoms with Gasteiger partial charge in [-0.25, -0.2) is 0 Å². The zero-order valence-electron chi connectivity index (χ0n) is 33.8. The van der Waals surface area contributed by atoms with Crippen LogP contribution in [-0.2, 0) is 17.5 Å². The Morgan fingerprint density at radius 2 is 0.800 bits per heavy atom. The predicted molar refractivity (Wildman–Crippen MR) is 245 cm³/mol. The minimum Gasteiger partial charge on any atom is -0.310 e. The summed E-state index contributed by atoms with van der Waals surface area (Å²) >= 11 is 0. The highest BCUT2D eigenvalue weighted by Crippen LogP contribution is 2.59. The molecule has 0 saturated carbocycles. The summed E-state index contributed by atoms with van der Waals surface area (Å²) in [5, 5.41) is 2.59. The molecule has 0 unspecified atom stereocenters. The average Bonchev–Trinajstić information content (AvgIpc) is 3.49. The van der Waals surface area contributed by atoms with Crippen LogP contribution in [0.5, 0.6) is 0 Å². The third kappa shape index (κ3) is 6.26. The van der Waals surface area contributed by atoms with E-state index in [9.17, 15) is 0 Å². The Labute approximate surface area is 331 Å². The lowest BCUT2D eigenvalue weighted by molar-refractivity contribution is 0.953. The van der Waals surface area contributed by atoms with Crippen LogP contribution < -0.4 is 9.80 Å². The number of anilines is 6. The van der Waals surface area contributed by atoms with Crippen molar-refractivity contribution < 1.29 is 0 Å². The standard InChI is InChI=1S/C51H54N2Si2/c1-9-37-21-26-43(27-22-37)52(41-17-13-11-14-18-41)45-30-25-39-34-48-47-32-31-46(53(42-19-15-12-16-20-42)44-28-23-38(10-2)24-29-44)36-50(47)51(54(3,4)5,55(6,7)8)49(48)35-40(39)33-45/h11-36H,9-10H2,1-8H3. The molecule has 0 aromatic heterocycles. The van der Waals surface area contributed by atoms with Crippen LogP contribution in [0.4, 0.5) is 34.1 Å². The van der Waals surface area contributed by atoms with E-state index >= 15 is 0 Å². The molecule has 0 aliphatic heterocycles. The number of benzene rings is 7. The van der Waals surface area contributed by atoms with Crippen LogP contribution in [0.3, 0.4) is 0 Å². The van der Waals surface area contributed by atoms with Crippen molar-refractivity contribution in [1.82, 2.24) is 0 Å². The van der Waals surface area contributed by atoms with Gasteiger partial charge in [-0.3, -0.25) is 0 Å². The summed E-state index contributed by atoms with van der Waals surface area (Å²) < 4.78 is -0.00556. The van der Waals surface area contributed by atoms with Crippen LogP contribution in [0.15, 0.2) is 158 Å². The fraction of sp³-hybridized carbons (Fsp3) is 0.216. The van der Waals surface area contributed by atoms with Crippen LogP contribution >= 0.6 is 0 Å². The van der Waals surface area contributed by atoms with Gasteiger partial charge in [0.05, 0.1) is 16.1 Å². The van der Waals surface area contributed by atoms with E-state index in [1.54, 1.807) is 5.56 Å². The highest BCUT2D eigenvalue weighted by molar-refractivity contribution is 6.99. The van der Waals surface area contributed by atoms with Gasteiger partial charge in [0.15, 0.2) is 0 Å². The smallest absolute Gasteiger partial charge is 0.0579 e. The van der Waals surface area contributed by atoms with Crippen molar-refractivity contribution in [3.05, 3.63) is 180 Å². The lowest BCUT2D eigenvalue weighted by Gasteiger charge is -2.51. The summed E-state index contributed by atoms with van der Waals surface area (Å²) in [7, 11) is -3.89. The third-order valence-electron chi connectivity index (χ3n) is 12.1. The van der Waals surface area contributed by atoms with E-state index in [4.69, 9.17) is 0 Å². The molecule has 0 amide bonds. The fourth-order valence-electron chi connectivity index (χ4n) is 9.87. The van der Waals surface area contributed by atoms with Crippen molar-refractivity contribution in [2.75, 3.05) is 9.80 Å². The maximum atomic E-state index is 2.62. The van der Waals surface area contributed by atoms with Crippen LogP contribution in [0.25, 0.3) is 21.9 Å². The van der Waals surface area contributed by atoms with Crippen LogP contribution in [0, 0.1) is 0 Å². The van der Waals surface area contributed by atoms with E-state index in [1.165, 1.54) is 67.0 Å². The summed E-state index contributed by atoms with van der Waals surface area (Å²) in [5.74, 6) is 0. The molecule has 4 heteroatoms. The molecule has 0 N–H and O–H groups in total. The van der Waals surface area contributed by atoms with Gasteiger partial charge in [-0.1, -0.05) is 132 Å². The summed E-state index contributed by atoms with van der Waals surface area (Å²) in [6, 6.07) is 59.5. The molecule has 0 saturated heterocycles. The highest BCUT2D eigenvalue weighted by Gasteiger charge is 2.59. The monoisotopic (exact) mass is 750 g/mol. The zero-order valence-corrected chi connectivity index (χ0v) is 35.8. The molecule has 7 aromatic carbocycles. The SMILES string of the molecule is CCc1ccc(N(c2ccccc2)c2ccc3c(c2)C([Si](C)(C)C)([Si](C)(C)C)c2cc4cc(N(c5ccccc5)c5ccc(CC)cc5)ccc4cc2-3)cc1. The summed E-state index contributed by atoms with van der Waals surface area (Å²) in [5.41, 5.74) is 15.7. The Morgan fingerprint density at radius 1 is 0.382 bits per heavy atom. The van der Waals surface area contributed by atoms with E-state index in [1.807, 2.05) is 0 Å². The molecule has 0 heterocycles. The minimum absolute atomic E-state index is 0.00556. The van der Waals surface area contributed by atoms with E-state index in [0.717, 1.165) is 18.5 Å². The summed E-state index contributed by atoms with van der Waals surface area (Å²) in [4.78, 5) is 4.86. The minimum atomic E-state index is -1.95. The average molecular weight is 751 g/mol. The molecule has 1 aliphatic carbocycles.